The van der Waals surface area contributed by atoms with Crippen molar-refractivity contribution in [1.82, 2.24) is 10.3 Å². The summed E-state index contributed by atoms with van der Waals surface area (Å²) >= 11 is 1.69. The summed E-state index contributed by atoms with van der Waals surface area (Å²) in [6.45, 7) is 2.90. The molecule has 66 valence electrons. The van der Waals surface area contributed by atoms with Gasteiger partial charge in [0.05, 0.1) is 10.7 Å². The second-order valence-corrected chi connectivity index (χ2v) is 2.95. The van der Waals surface area contributed by atoms with Gasteiger partial charge in [0.1, 0.15) is 0 Å². The van der Waals surface area contributed by atoms with Crippen LogP contribution >= 0.6 is 36.2 Å². The van der Waals surface area contributed by atoms with Gasteiger partial charge in [-0.3, -0.25) is 0 Å². The van der Waals surface area contributed by atoms with Gasteiger partial charge in [0.25, 0.3) is 0 Å². The van der Waals surface area contributed by atoms with E-state index in [1.165, 1.54) is 0 Å². The van der Waals surface area contributed by atoms with Crippen LogP contribution in [0.3, 0.4) is 0 Å². The fourth-order valence-electron chi connectivity index (χ4n) is 0.671. The van der Waals surface area contributed by atoms with E-state index in [0.29, 0.717) is 0 Å². The highest BCUT2D eigenvalue weighted by atomic mass is 35.5. The molecule has 11 heavy (non-hydrogen) atoms. The summed E-state index contributed by atoms with van der Waals surface area (Å²) in [5.74, 6) is 0. The van der Waals surface area contributed by atoms with Crippen molar-refractivity contribution in [2.75, 3.05) is 7.05 Å². The maximum Gasteiger partial charge on any atom is 0.0897 e. The maximum absolute atomic E-state index is 4.26. The standard InChI is InChI=1S/C6H10N2S.2ClH/c1-5-8-6(3-7-2)4-9-5;;/h4,7H,3H2,1-2H3;2*1H. The van der Waals surface area contributed by atoms with Gasteiger partial charge in [-0.2, -0.15) is 0 Å². The Balaban J connectivity index is 0. The molecule has 0 bridgehead atoms. The molecule has 0 aliphatic rings. The van der Waals surface area contributed by atoms with Crippen LogP contribution in [-0.2, 0) is 6.54 Å². The van der Waals surface area contributed by atoms with Crippen LogP contribution < -0.4 is 5.32 Å². The summed E-state index contributed by atoms with van der Waals surface area (Å²) in [6.07, 6.45) is 0. The van der Waals surface area contributed by atoms with Crippen molar-refractivity contribution < 1.29 is 0 Å². The van der Waals surface area contributed by atoms with Crippen molar-refractivity contribution in [3.05, 3.63) is 16.1 Å². The molecule has 1 aromatic rings. The monoisotopic (exact) mass is 214 g/mol. The molecular weight excluding hydrogens is 203 g/mol. The molecule has 0 atom stereocenters. The number of nitrogens with one attached hydrogen (secondary N) is 1. The smallest absolute Gasteiger partial charge is 0.0897 e. The van der Waals surface area contributed by atoms with Gasteiger partial charge in [-0.25, -0.2) is 4.98 Å². The molecule has 0 saturated heterocycles. The highest BCUT2D eigenvalue weighted by Crippen LogP contribution is 2.06. The van der Waals surface area contributed by atoms with E-state index < -0.39 is 0 Å². The largest absolute Gasteiger partial charge is 0.314 e. The Labute approximate surface area is 83.2 Å². The molecule has 0 saturated carbocycles. The van der Waals surface area contributed by atoms with Crippen LogP contribution in [0.15, 0.2) is 5.38 Å². The number of aryl methyl sites for hydroxylation is 1. The van der Waals surface area contributed by atoms with Gasteiger partial charge in [0, 0.05) is 11.9 Å². The topological polar surface area (TPSA) is 24.9 Å². The van der Waals surface area contributed by atoms with E-state index in [-0.39, 0.29) is 24.8 Å². The van der Waals surface area contributed by atoms with Crippen LogP contribution in [0.2, 0.25) is 0 Å². The molecule has 0 unspecified atom stereocenters. The van der Waals surface area contributed by atoms with E-state index in [9.17, 15) is 0 Å². The summed E-state index contributed by atoms with van der Waals surface area (Å²) in [7, 11) is 1.93. The first kappa shape index (κ1) is 13.7. The summed E-state index contributed by atoms with van der Waals surface area (Å²) in [5.41, 5.74) is 1.14. The van der Waals surface area contributed by atoms with Crippen LogP contribution in [0.5, 0.6) is 0 Å². The fraction of sp³-hybridized carbons (Fsp3) is 0.500. The second-order valence-electron chi connectivity index (χ2n) is 1.89. The molecule has 0 amide bonds. The van der Waals surface area contributed by atoms with Gasteiger partial charge in [-0.15, -0.1) is 36.2 Å². The molecule has 0 fully saturated rings. The van der Waals surface area contributed by atoms with Crippen molar-refractivity contribution in [1.29, 1.82) is 0 Å². The average molecular weight is 215 g/mol. The van der Waals surface area contributed by atoms with Crippen LogP contribution in [0.1, 0.15) is 10.7 Å². The van der Waals surface area contributed by atoms with Crippen LogP contribution in [0.4, 0.5) is 0 Å². The fourth-order valence-corrected chi connectivity index (χ4v) is 1.28. The quantitative estimate of drug-likeness (QED) is 0.816. The molecule has 0 radical (unpaired) electrons. The normalized spacial score (nSPS) is 8.18. The Morgan fingerprint density at radius 2 is 2.18 bits per heavy atom. The first-order valence-electron chi connectivity index (χ1n) is 2.88. The van der Waals surface area contributed by atoms with Crippen molar-refractivity contribution in [3.8, 4) is 0 Å². The summed E-state index contributed by atoms with van der Waals surface area (Å²) in [5, 5.41) is 6.26. The van der Waals surface area contributed by atoms with Gasteiger partial charge in [-0.05, 0) is 14.0 Å². The van der Waals surface area contributed by atoms with E-state index in [4.69, 9.17) is 0 Å². The Morgan fingerprint density at radius 1 is 1.55 bits per heavy atom. The Morgan fingerprint density at radius 3 is 2.55 bits per heavy atom. The molecular formula is C6H12Cl2N2S. The minimum absolute atomic E-state index is 0. The van der Waals surface area contributed by atoms with Crippen LogP contribution in [-0.4, -0.2) is 12.0 Å². The number of halogens is 2. The molecule has 0 aliphatic heterocycles. The number of aromatic nitrogens is 1. The van der Waals surface area contributed by atoms with Crippen LogP contribution in [0.25, 0.3) is 0 Å². The van der Waals surface area contributed by atoms with E-state index in [0.717, 1.165) is 17.2 Å². The molecule has 0 aliphatic carbocycles. The van der Waals surface area contributed by atoms with Gasteiger partial charge >= 0.3 is 0 Å². The Kier molecular flexibility index (Phi) is 8.56. The average Bonchev–Trinajstić information content (AvgIpc) is 2.17. The lowest BCUT2D eigenvalue weighted by atomic mass is 10.5. The number of thiazole rings is 1. The van der Waals surface area contributed by atoms with E-state index in [2.05, 4.69) is 15.7 Å². The van der Waals surface area contributed by atoms with Gasteiger partial charge in [0.15, 0.2) is 0 Å². The summed E-state index contributed by atoms with van der Waals surface area (Å²) < 4.78 is 0. The summed E-state index contributed by atoms with van der Waals surface area (Å²) in [4.78, 5) is 4.26. The highest BCUT2D eigenvalue weighted by Gasteiger charge is 1.93. The van der Waals surface area contributed by atoms with Crippen molar-refractivity contribution in [2.45, 2.75) is 13.5 Å². The molecule has 0 aromatic carbocycles. The van der Waals surface area contributed by atoms with Gasteiger partial charge < -0.3 is 5.32 Å². The van der Waals surface area contributed by atoms with Crippen molar-refractivity contribution in [3.63, 3.8) is 0 Å². The third kappa shape index (κ3) is 4.58. The second kappa shape index (κ2) is 6.85. The first-order chi connectivity index (χ1) is 4.33. The Hall–Kier alpha value is 0.170. The lowest BCUT2D eigenvalue weighted by molar-refractivity contribution is 0.795. The molecule has 0 spiro atoms. The number of nitrogens with zero attached hydrogens (tertiary/aromatic N) is 1. The first-order valence-corrected chi connectivity index (χ1v) is 3.76. The van der Waals surface area contributed by atoms with Crippen molar-refractivity contribution in [2.24, 2.45) is 0 Å². The van der Waals surface area contributed by atoms with Crippen molar-refractivity contribution >= 4 is 36.2 Å². The van der Waals surface area contributed by atoms with E-state index >= 15 is 0 Å². The lowest BCUT2D eigenvalue weighted by Gasteiger charge is -1.89. The minimum atomic E-state index is 0. The molecule has 5 heteroatoms. The zero-order valence-electron chi connectivity index (χ0n) is 6.46. The number of rotatable bonds is 2. The minimum Gasteiger partial charge on any atom is -0.314 e. The van der Waals surface area contributed by atoms with E-state index in [1.807, 2.05) is 14.0 Å². The highest BCUT2D eigenvalue weighted by molar-refractivity contribution is 7.09. The Bertz CT molecular complexity index is 190. The summed E-state index contributed by atoms with van der Waals surface area (Å²) in [6, 6.07) is 0. The third-order valence-corrected chi connectivity index (χ3v) is 1.85. The molecule has 1 heterocycles. The number of hydrogen-bond acceptors (Lipinski definition) is 3. The zero-order chi connectivity index (χ0) is 6.69. The SMILES string of the molecule is CNCc1csc(C)n1.Cl.Cl. The van der Waals surface area contributed by atoms with E-state index in [1.54, 1.807) is 11.3 Å². The molecule has 1 N–H and O–H groups in total. The third-order valence-electron chi connectivity index (χ3n) is 1.02. The number of hydrogen-bond donors (Lipinski definition) is 1. The van der Waals surface area contributed by atoms with Gasteiger partial charge in [-0.1, -0.05) is 0 Å². The maximum atomic E-state index is 4.26. The van der Waals surface area contributed by atoms with Crippen LogP contribution in [0, 0.1) is 6.92 Å². The molecule has 2 nitrogen and oxygen atoms in total. The van der Waals surface area contributed by atoms with Gasteiger partial charge in [0.2, 0.25) is 0 Å². The predicted octanol–water partition coefficient (Wildman–Crippen LogP) is 2.01. The predicted molar refractivity (Wildman–Crippen MR) is 54.1 cm³/mol. The lowest BCUT2D eigenvalue weighted by Crippen LogP contribution is -2.04. The molecule has 1 rings (SSSR count). The molecule has 1 aromatic heterocycles. The zero-order valence-corrected chi connectivity index (χ0v) is 8.91.